The molecule has 122 valence electrons. The van der Waals surface area contributed by atoms with Gasteiger partial charge in [0.05, 0.1) is 16.8 Å². The van der Waals surface area contributed by atoms with Gasteiger partial charge in [-0.25, -0.2) is 13.4 Å². The van der Waals surface area contributed by atoms with Gasteiger partial charge < -0.3 is 4.74 Å². The first kappa shape index (κ1) is 16.4. The highest BCUT2D eigenvalue weighted by Gasteiger charge is 2.14. The van der Waals surface area contributed by atoms with Crippen LogP contribution in [0, 0.1) is 0 Å². The number of rotatable bonds is 5. The zero-order valence-electron chi connectivity index (χ0n) is 12.3. The molecule has 0 unspecified atom stereocenters. The van der Waals surface area contributed by atoms with Gasteiger partial charge in [-0.1, -0.05) is 22.0 Å². The monoisotopic (exact) mass is 405 g/mol. The van der Waals surface area contributed by atoms with Crippen LogP contribution in [0.4, 0.5) is 5.69 Å². The molecule has 1 N–H and O–H groups in total. The van der Waals surface area contributed by atoms with Gasteiger partial charge in [0.15, 0.2) is 0 Å². The standard InChI is InChI=1S/C16H12BrN3O3S/c17-12-4-6-15(7-5-12)24(21,22)20-13-2-1-3-14(10-13)23-16-11-18-8-9-19-16/h1-11,20H. The van der Waals surface area contributed by atoms with E-state index in [2.05, 4.69) is 30.6 Å². The third-order valence-electron chi connectivity index (χ3n) is 2.97. The van der Waals surface area contributed by atoms with Crippen molar-refractivity contribution in [3.63, 3.8) is 0 Å². The third-order valence-corrected chi connectivity index (χ3v) is 4.90. The Hall–Kier alpha value is -2.45. The van der Waals surface area contributed by atoms with Crippen LogP contribution in [0.2, 0.25) is 0 Å². The zero-order chi connectivity index (χ0) is 17.0. The van der Waals surface area contributed by atoms with E-state index in [0.29, 0.717) is 17.3 Å². The first-order chi connectivity index (χ1) is 11.5. The molecule has 2 aromatic carbocycles. The number of anilines is 1. The van der Waals surface area contributed by atoms with Gasteiger partial charge in [-0.2, -0.15) is 0 Å². The molecular formula is C16H12BrN3O3S. The molecule has 0 spiro atoms. The van der Waals surface area contributed by atoms with Crippen molar-refractivity contribution in [3.05, 3.63) is 71.6 Å². The van der Waals surface area contributed by atoms with E-state index in [-0.39, 0.29) is 4.90 Å². The maximum atomic E-state index is 12.4. The Balaban J connectivity index is 1.80. The van der Waals surface area contributed by atoms with Gasteiger partial charge in [-0.3, -0.25) is 9.71 Å². The lowest BCUT2D eigenvalue weighted by Gasteiger charge is -2.10. The van der Waals surface area contributed by atoms with Gasteiger partial charge in [0.2, 0.25) is 5.88 Å². The van der Waals surface area contributed by atoms with Crippen molar-refractivity contribution in [1.82, 2.24) is 9.97 Å². The summed E-state index contributed by atoms with van der Waals surface area (Å²) in [6.07, 6.45) is 4.52. The Morgan fingerprint density at radius 1 is 1.04 bits per heavy atom. The smallest absolute Gasteiger partial charge is 0.261 e. The summed E-state index contributed by atoms with van der Waals surface area (Å²) in [5.74, 6) is 0.775. The molecule has 3 rings (SSSR count). The molecule has 0 saturated heterocycles. The highest BCUT2D eigenvalue weighted by molar-refractivity contribution is 9.10. The van der Waals surface area contributed by atoms with E-state index in [1.165, 1.54) is 30.7 Å². The van der Waals surface area contributed by atoms with E-state index in [0.717, 1.165) is 4.47 Å². The maximum absolute atomic E-state index is 12.4. The van der Waals surface area contributed by atoms with Gasteiger partial charge >= 0.3 is 0 Å². The van der Waals surface area contributed by atoms with Crippen molar-refractivity contribution in [3.8, 4) is 11.6 Å². The summed E-state index contributed by atoms with van der Waals surface area (Å²) in [7, 11) is -3.67. The molecule has 0 bridgehead atoms. The van der Waals surface area contributed by atoms with Crippen LogP contribution < -0.4 is 9.46 Å². The highest BCUT2D eigenvalue weighted by atomic mass is 79.9. The summed E-state index contributed by atoms with van der Waals surface area (Å²) in [5.41, 5.74) is 0.388. The van der Waals surface area contributed by atoms with Crippen LogP contribution in [0.5, 0.6) is 11.6 Å². The molecular weight excluding hydrogens is 394 g/mol. The van der Waals surface area contributed by atoms with Gasteiger partial charge in [0.1, 0.15) is 5.75 Å². The number of nitrogens with zero attached hydrogens (tertiary/aromatic N) is 2. The second kappa shape index (κ2) is 6.98. The van der Waals surface area contributed by atoms with Crippen molar-refractivity contribution in [1.29, 1.82) is 0 Å². The van der Waals surface area contributed by atoms with Crippen LogP contribution in [0.25, 0.3) is 0 Å². The Kier molecular flexibility index (Phi) is 4.77. The maximum Gasteiger partial charge on any atom is 0.261 e. The third kappa shape index (κ3) is 4.09. The minimum absolute atomic E-state index is 0.172. The predicted octanol–water partition coefficient (Wildman–Crippen LogP) is 3.83. The second-order valence-electron chi connectivity index (χ2n) is 4.73. The molecule has 3 aromatic rings. The lowest BCUT2D eigenvalue weighted by Crippen LogP contribution is -2.12. The average molecular weight is 406 g/mol. The number of nitrogens with one attached hydrogen (secondary N) is 1. The Bertz CT molecular complexity index is 932. The van der Waals surface area contributed by atoms with Crippen molar-refractivity contribution < 1.29 is 13.2 Å². The fourth-order valence-electron chi connectivity index (χ4n) is 1.91. The largest absolute Gasteiger partial charge is 0.437 e. The number of aromatic nitrogens is 2. The molecule has 0 radical (unpaired) electrons. The first-order valence-electron chi connectivity index (χ1n) is 6.85. The first-order valence-corrected chi connectivity index (χ1v) is 9.13. The number of ether oxygens (including phenoxy) is 1. The molecule has 0 fully saturated rings. The van der Waals surface area contributed by atoms with Crippen LogP contribution in [-0.4, -0.2) is 18.4 Å². The van der Waals surface area contributed by atoms with Gasteiger partial charge in [-0.15, -0.1) is 0 Å². The fraction of sp³-hybridized carbons (Fsp3) is 0. The molecule has 0 aliphatic carbocycles. The summed E-state index contributed by atoms with van der Waals surface area (Å²) in [5, 5.41) is 0. The van der Waals surface area contributed by atoms with E-state index in [9.17, 15) is 8.42 Å². The number of sulfonamides is 1. The molecule has 1 aromatic heterocycles. The highest BCUT2D eigenvalue weighted by Crippen LogP contribution is 2.24. The minimum Gasteiger partial charge on any atom is -0.437 e. The van der Waals surface area contributed by atoms with Crippen LogP contribution >= 0.6 is 15.9 Å². The van der Waals surface area contributed by atoms with E-state index in [1.807, 2.05) is 0 Å². The van der Waals surface area contributed by atoms with Crippen LogP contribution in [0.3, 0.4) is 0 Å². The minimum atomic E-state index is -3.67. The topological polar surface area (TPSA) is 81.2 Å². The van der Waals surface area contributed by atoms with Crippen LogP contribution in [0.15, 0.2) is 76.5 Å². The number of hydrogen-bond donors (Lipinski definition) is 1. The molecule has 0 atom stereocenters. The van der Waals surface area contributed by atoms with E-state index in [4.69, 9.17) is 4.74 Å². The summed E-state index contributed by atoms with van der Waals surface area (Å²) in [4.78, 5) is 8.09. The quantitative estimate of drug-likeness (QED) is 0.697. The molecule has 0 amide bonds. The predicted molar refractivity (Wildman–Crippen MR) is 93.5 cm³/mol. The fourth-order valence-corrected chi connectivity index (χ4v) is 3.22. The summed E-state index contributed by atoms with van der Waals surface area (Å²) in [6, 6.07) is 13.0. The van der Waals surface area contributed by atoms with E-state index >= 15 is 0 Å². The van der Waals surface area contributed by atoms with Crippen molar-refractivity contribution in [2.75, 3.05) is 4.72 Å². The van der Waals surface area contributed by atoms with E-state index in [1.54, 1.807) is 36.4 Å². The molecule has 24 heavy (non-hydrogen) atoms. The lowest BCUT2D eigenvalue weighted by molar-refractivity contribution is 0.460. The molecule has 8 heteroatoms. The zero-order valence-corrected chi connectivity index (χ0v) is 14.7. The normalized spacial score (nSPS) is 11.0. The number of hydrogen-bond acceptors (Lipinski definition) is 5. The lowest BCUT2D eigenvalue weighted by atomic mass is 10.3. The molecule has 6 nitrogen and oxygen atoms in total. The number of benzene rings is 2. The Morgan fingerprint density at radius 2 is 1.83 bits per heavy atom. The molecule has 0 aliphatic heterocycles. The van der Waals surface area contributed by atoms with E-state index < -0.39 is 10.0 Å². The van der Waals surface area contributed by atoms with Gasteiger partial charge in [0, 0.05) is 22.9 Å². The number of halogens is 1. The van der Waals surface area contributed by atoms with Gasteiger partial charge in [-0.05, 0) is 36.4 Å². The summed E-state index contributed by atoms with van der Waals surface area (Å²) >= 11 is 3.28. The average Bonchev–Trinajstić information content (AvgIpc) is 2.56. The molecule has 1 heterocycles. The van der Waals surface area contributed by atoms with Crippen LogP contribution in [-0.2, 0) is 10.0 Å². The van der Waals surface area contributed by atoms with Crippen molar-refractivity contribution >= 4 is 31.6 Å². The SMILES string of the molecule is O=S(=O)(Nc1cccc(Oc2cnccn2)c1)c1ccc(Br)cc1. The molecule has 0 aliphatic rings. The van der Waals surface area contributed by atoms with Crippen molar-refractivity contribution in [2.45, 2.75) is 4.90 Å². The Morgan fingerprint density at radius 3 is 2.54 bits per heavy atom. The summed E-state index contributed by atoms with van der Waals surface area (Å²) in [6.45, 7) is 0. The molecule has 0 saturated carbocycles. The van der Waals surface area contributed by atoms with Crippen molar-refractivity contribution in [2.24, 2.45) is 0 Å². The van der Waals surface area contributed by atoms with Gasteiger partial charge in [0.25, 0.3) is 10.0 Å². The summed E-state index contributed by atoms with van der Waals surface area (Å²) < 4.78 is 33.7. The second-order valence-corrected chi connectivity index (χ2v) is 7.33. The van der Waals surface area contributed by atoms with Crippen LogP contribution in [0.1, 0.15) is 0 Å². The Labute approximate surface area is 147 Å².